The van der Waals surface area contributed by atoms with Gasteiger partial charge in [0.05, 0.1) is 11.7 Å². The molecule has 1 amide bonds. The van der Waals surface area contributed by atoms with Crippen molar-refractivity contribution in [3.8, 4) is 5.75 Å². The van der Waals surface area contributed by atoms with Gasteiger partial charge in [0.2, 0.25) is 0 Å². The Morgan fingerprint density at radius 3 is 2.65 bits per heavy atom. The van der Waals surface area contributed by atoms with Gasteiger partial charge in [-0.2, -0.15) is 8.78 Å². The number of rotatable bonds is 7. The van der Waals surface area contributed by atoms with Crippen molar-refractivity contribution in [1.82, 2.24) is 5.32 Å². The molecule has 1 atom stereocenters. The van der Waals surface area contributed by atoms with Crippen LogP contribution >= 0.6 is 0 Å². The van der Waals surface area contributed by atoms with E-state index in [1.165, 1.54) is 24.3 Å². The first-order valence-electron chi connectivity index (χ1n) is 7.15. The fraction of sp³-hybridized carbons (Fsp3) is 0.467. The van der Waals surface area contributed by atoms with Gasteiger partial charge < -0.3 is 19.5 Å². The molecular weight excluding hydrogens is 312 g/mol. The van der Waals surface area contributed by atoms with E-state index in [2.05, 4.69) is 10.1 Å². The molecule has 0 aromatic heterocycles. The SMILES string of the molecule is O=C(COC(=O)c1ccc(OC(F)F)cc1)NC[C@H]1CCCO1. The van der Waals surface area contributed by atoms with Crippen LogP contribution in [0.4, 0.5) is 8.78 Å². The number of alkyl halides is 2. The molecule has 126 valence electrons. The summed E-state index contributed by atoms with van der Waals surface area (Å²) in [6.45, 7) is -2.27. The Labute approximate surface area is 131 Å². The maximum absolute atomic E-state index is 12.0. The average molecular weight is 329 g/mol. The minimum absolute atomic E-state index is 0.0111. The molecule has 1 N–H and O–H groups in total. The minimum Gasteiger partial charge on any atom is -0.452 e. The van der Waals surface area contributed by atoms with E-state index in [0.29, 0.717) is 13.2 Å². The molecule has 1 aliphatic heterocycles. The van der Waals surface area contributed by atoms with Crippen molar-refractivity contribution in [2.75, 3.05) is 19.8 Å². The van der Waals surface area contributed by atoms with Gasteiger partial charge in [-0.25, -0.2) is 4.79 Å². The third kappa shape index (κ3) is 5.82. The number of hydrogen-bond acceptors (Lipinski definition) is 5. The lowest BCUT2D eigenvalue weighted by Gasteiger charge is -2.11. The fourth-order valence-electron chi connectivity index (χ4n) is 2.07. The lowest BCUT2D eigenvalue weighted by molar-refractivity contribution is -0.124. The molecule has 0 bridgehead atoms. The fourth-order valence-corrected chi connectivity index (χ4v) is 2.07. The van der Waals surface area contributed by atoms with Crippen molar-refractivity contribution in [3.63, 3.8) is 0 Å². The number of ether oxygens (including phenoxy) is 3. The highest BCUT2D eigenvalue weighted by Gasteiger charge is 2.17. The van der Waals surface area contributed by atoms with E-state index in [1.807, 2.05) is 0 Å². The van der Waals surface area contributed by atoms with Crippen LogP contribution in [0.15, 0.2) is 24.3 Å². The van der Waals surface area contributed by atoms with Gasteiger partial charge in [0.1, 0.15) is 5.75 Å². The summed E-state index contributed by atoms with van der Waals surface area (Å²) in [6.07, 6.45) is 1.88. The summed E-state index contributed by atoms with van der Waals surface area (Å²) in [5.74, 6) is -1.21. The highest BCUT2D eigenvalue weighted by atomic mass is 19.3. The van der Waals surface area contributed by atoms with Crippen LogP contribution in [0.2, 0.25) is 0 Å². The van der Waals surface area contributed by atoms with Gasteiger partial charge in [0, 0.05) is 13.2 Å². The van der Waals surface area contributed by atoms with Crippen LogP contribution in [0.5, 0.6) is 5.75 Å². The lowest BCUT2D eigenvalue weighted by Crippen LogP contribution is -2.34. The van der Waals surface area contributed by atoms with Gasteiger partial charge in [0.25, 0.3) is 5.91 Å². The second kappa shape index (κ2) is 8.42. The zero-order valence-corrected chi connectivity index (χ0v) is 12.3. The number of halogens is 2. The number of carbonyl (C=O) groups excluding carboxylic acids is 2. The Balaban J connectivity index is 1.71. The largest absolute Gasteiger partial charge is 0.452 e. The van der Waals surface area contributed by atoms with Crippen LogP contribution in [-0.4, -0.2) is 44.4 Å². The van der Waals surface area contributed by atoms with E-state index in [0.717, 1.165) is 12.8 Å². The zero-order valence-electron chi connectivity index (χ0n) is 12.3. The van der Waals surface area contributed by atoms with Crippen molar-refractivity contribution in [1.29, 1.82) is 0 Å². The number of nitrogens with one attached hydrogen (secondary N) is 1. The van der Waals surface area contributed by atoms with Crippen LogP contribution in [-0.2, 0) is 14.3 Å². The van der Waals surface area contributed by atoms with Crippen LogP contribution in [0, 0.1) is 0 Å². The Hall–Kier alpha value is -2.22. The first kappa shape index (κ1) is 17.1. The second-order valence-electron chi connectivity index (χ2n) is 4.92. The average Bonchev–Trinajstić information content (AvgIpc) is 3.04. The Bertz CT molecular complexity index is 529. The Morgan fingerprint density at radius 2 is 2.04 bits per heavy atom. The van der Waals surface area contributed by atoms with E-state index in [1.54, 1.807) is 0 Å². The molecule has 1 fully saturated rings. The van der Waals surface area contributed by atoms with Gasteiger partial charge in [-0.05, 0) is 37.1 Å². The second-order valence-corrected chi connectivity index (χ2v) is 4.92. The smallest absolute Gasteiger partial charge is 0.387 e. The first-order chi connectivity index (χ1) is 11.0. The summed E-state index contributed by atoms with van der Waals surface area (Å²) >= 11 is 0. The van der Waals surface area contributed by atoms with Crippen molar-refractivity contribution >= 4 is 11.9 Å². The normalized spacial score (nSPS) is 17.1. The predicted octanol–water partition coefficient (Wildman–Crippen LogP) is 1.74. The highest BCUT2D eigenvalue weighted by Crippen LogP contribution is 2.15. The molecule has 6 nitrogen and oxygen atoms in total. The minimum atomic E-state index is -2.93. The molecule has 0 unspecified atom stereocenters. The molecule has 0 aliphatic carbocycles. The molecule has 1 heterocycles. The quantitative estimate of drug-likeness (QED) is 0.772. The van der Waals surface area contributed by atoms with E-state index in [9.17, 15) is 18.4 Å². The summed E-state index contributed by atoms with van der Waals surface area (Å²) in [5.41, 5.74) is 0.138. The summed E-state index contributed by atoms with van der Waals surface area (Å²) in [4.78, 5) is 23.3. The van der Waals surface area contributed by atoms with Crippen LogP contribution in [0.1, 0.15) is 23.2 Å². The summed E-state index contributed by atoms with van der Waals surface area (Å²) in [6, 6.07) is 5.01. The molecule has 23 heavy (non-hydrogen) atoms. The molecule has 1 aliphatic rings. The van der Waals surface area contributed by atoms with E-state index in [-0.39, 0.29) is 17.4 Å². The Kier molecular flexibility index (Phi) is 6.28. The van der Waals surface area contributed by atoms with Gasteiger partial charge in [-0.1, -0.05) is 0 Å². The zero-order chi connectivity index (χ0) is 16.7. The third-order valence-electron chi connectivity index (χ3n) is 3.20. The molecular formula is C15H17F2NO5. The molecule has 0 radical (unpaired) electrons. The van der Waals surface area contributed by atoms with Gasteiger partial charge in [-0.3, -0.25) is 4.79 Å². The molecule has 8 heteroatoms. The van der Waals surface area contributed by atoms with Crippen molar-refractivity contribution < 1.29 is 32.6 Å². The topological polar surface area (TPSA) is 73.9 Å². The number of benzene rings is 1. The van der Waals surface area contributed by atoms with Crippen molar-refractivity contribution in [2.24, 2.45) is 0 Å². The number of amides is 1. The summed E-state index contributed by atoms with van der Waals surface area (Å²) in [7, 11) is 0. The number of carbonyl (C=O) groups is 2. The van der Waals surface area contributed by atoms with Crippen LogP contribution < -0.4 is 10.1 Å². The molecule has 1 aromatic carbocycles. The predicted molar refractivity (Wildman–Crippen MR) is 75.3 cm³/mol. The van der Waals surface area contributed by atoms with E-state index >= 15 is 0 Å². The summed E-state index contributed by atoms with van der Waals surface area (Å²) < 4.78 is 38.4. The van der Waals surface area contributed by atoms with Crippen molar-refractivity contribution in [3.05, 3.63) is 29.8 Å². The van der Waals surface area contributed by atoms with Crippen molar-refractivity contribution in [2.45, 2.75) is 25.6 Å². The third-order valence-corrected chi connectivity index (χ3v) is 3.20. The van der Waals surface area contributed by atoms with Gasteiger partial charge >= 0.3 is 12.6 Å². The molecule has 1 saturated heterocycles. The maximum atomic E-state index is 12.0. The van der Waals surface area contributed by atoms with Crippen LogP contribution in [0.3, 0.4) is 0 Å². The monoisotopic (exact) mass is 329 g/mol. The Morgan fingerprint density at radius 1 is 1.30 bits per heavy atom. The first-order valence-corrected chi connectivity index (χ1v) is 7.15. The lowest BCUT2D eigenvalue weighted by atomic mass is 10.2. The van der Waals surface area contributed by atoms with Gasteiger partial charge in [-0.15, -0.1) is 0 Å². The van der Waals surface area contributed by atoms with Crippen LogP contribution in [0.25, 0.3) is 0 Å². The van der Waals surface area contributed by atoms with E-state index < -0.39 is 25.1 Å². The summed E-state index contributed by atoms with van der Waals surface area (Å²) in [5, 5.41) is 2.62. The highest BCUT2D eigenvalue weighted by molar-refractivity contribution is 5.91. The van der Waals surface area contributed by atoms with Gasteiger partial charge in [0.15, 0.2) is 6.61 Å². The molecule has 2 rings (SSSR count). The molecule has 0 spiro atoms. The number of esters is 1. The molecule has 0 saturated carbocycles. The standard InChI is InChI=1S/C15H17F2NO5/c16-15(17)23-11-5-3-10(4-6-11)14(20)22-9-13(19)18-8-12-2-1-7-21-12/h3-6,12,15H,1-2,7-9H2,(H,18,19)/t12-/m1/s1. The molecule has 1 aromatic rings. The maximum Gasteiger partial charge on any atom is 0.387 e. The number of hydrogen-bond donors (Lipinski definition) is 1. The van der Waals surface area contributed by atoms with E-state index in [4.69, 9.17) is 9.47 Å².